The molecule has 0 aromatic heterocycles. The molecule has 0 aliphatic carbocycles. The number of rotatable bonds is 2. The Morgan fingerprint density at radius 3 is 2.88 bits per heavy atom. The van der Waals surface area contributed by atoms with E-state index in [1.807, 2.05) is 29.4 Å². The van der Waals surface area contributed by atoms with Crippen LogP contribution in [-0.2, 0) is 4.79 Å². The molecule has 1 N–H and O–H groups in total. The molecule has 2 rings (SSSR count). The van der Waals surface area contributed by atoms with E-state index in [9.17, 15) is 4.79 Å². The number of thioether (sulfide) groups is 1. The highest BCUT2D eigenvalue weighted by molar-refractivity contribution is 7.98. The molecule has 1 heterocycles. The standard InChI is InChI=1S/C12H16N2OS/c1-9-7-13-8-12(15)14(9)10-5-3-4-6-11(10)16-2/h3-6,9,13H,7-8H2,1-2H3. The summed E-state index contributed by atoms with van der Waals surface area (Å²) in [6.07, 6.45) is 2.04. The van der Waals surface area contributed by atoms with Crippen molar-refractivity contribution in [3.8, 4) is 0 Å². The van der Waals surface area contributed by atoms with Crippen LogP contribution in [0.2, 0.25) is 0 Å². The van der Waals surface area contributed by atoms with E-state index in [-0.39, 0.29) is 11.9 Å². The molecule has 0 spiro atoms. The van der Waals surface area contributed by atoms with Gasteiger partial charge < -0.3 is 10.2 Å². The Balaban J connectivity index is 2.37. The Kier molecular flexibility index (Phi) is 3.51. The van der Waals surface area contributed by atoms with E-state index in [0.717, 1.165) is 17.1 Å². The number of para-hydroxylation sites is 1. The summed E-state index contributed by atoms with van der Waals surface area (Å²) < 4.78 is 0. The fourth-order valence-corrected chi connectivity index (χ4v) is 2.60. The smallest absolute Gasteiger partial charge is 0.241 e. The lowest BCUT2D eigenvalue weighted by Gasteiger charge is -2.34. The third-order valence-electron chi connectivity index (χ3n) is 2.77. The zero-order valence-corrected chi connectivity index (χ0v) is 10.4. The summed E-state index contributed by atoms with van der Waals surface area (Å²) in [6.45, 7) is 3.36. The minimum atomic E-state index is 0.153. The molecule has 1 aromatic rings. The molecule has 0 radical (unpaired) electrons. The largest absolute Gasteiger partial charge is 0.306 e. The molecular formula is C12H16N2OS. The Morgan fingerprint density at radius 1 is 1.44 bits per heavy atom. The molecule has 1 unspecified atom stereocenters. The number of hydrogen-bond acceptors (Lipinski definition) is 3. The van der Waals surface area contributed by atoms with Crippen molar-refractivity contribution in [3.63, 3.8) is 0 Å². The first kappa shape index (κ1) is 11.5. The van der Waals surface area contributed by atoms with E-state index in [0.29, 0.717) is 6.54 Å². The highest BCUT2D eigenvalue weighted by Crippen LogP contribution is 2.30. The highest BCUT2D eigenvalue weighted by Gasteiger charge is 2.27. The second-order valence-electron chi connectivity index (χ2n) is 3.92. The number of amides is 1. The van der Waals surface area contributed by atoms with Crippen molar-refractivity contribution in [1.29, 1.82) is 0 Å². The monoisotopic (exact) mass is 236 g/mol. The molecule has 0 bridgehead atoms. The molecule has 0 saturated carbocycles. The fraction of sp³-hybridized carbons (Fsp3) is 0.417. The molecule has 4 heteroatoms. The van der Waals surface area contributed by atoms with Crippen molar-refractivity contribution in [2.75, 3.05) is 24.2 Å². The number of nitrogens with one attached hydrogen (secondary N) is 1. The van der Waals surface area contributed by atoms with Crippen LogP contribution in [0.3, 0.4) is 0 Å². The number of carbonyl (C=O) groups is 1. The number of hydrogen-bond donors (Lipinski definition) is 1. The highest BCUT2D eigenvalue weighted by atomic mass is 32.2. The lowest BCUT2D eigenvalue weighted by molar-refractivity contribution is -0.119. The lowest BCUT2D eigenvalue weighted by atomic mass is 10.1. The van der Waals surface area contributed by atoms with Crippen molar-refractivity contribution in [1.82, 2.24) is 5.32 Å². The van der Waals surface area contributed by atoms with Crippen LogP contribution in [0.15, 0.2) is 29.2 Å². The minimum absolute atomic E-state index is 0.153. The molecule has 3 nitrogen and oxygen atoms in total. The van der Waals surface area contributed by atoms with Gasteiger partial charge in [-0.1, -0.05) is 12.1 Å². The molecule has 1 amide bonds. The van der Waals surface area contributed by atoms with Crippen LogP contribution in [-0.4, -0.2) is 31.3 Å². The normalized spacial score (nSPS) is 21.2. The quantitative estimate of drug-likeness (QED) is 0.794. The van der Waals surface area contributed by atoms with Crippen molar-refractivity contribution in [3.05, 3.63) is 24.3 Å². The average molecular weight is 236 g/mol. The third kappa shape index (κ3) is 2.08. The fourth-order valence-electron chi connectivity index (χ4n) is 2.01. The molecule has 1 saturated heterocycles. The minimum Gasteiger partial charge on any atom is -0.306 e. The van der Waals surface area contributed by atoms with Crippen molar-refractivity contribution >= 4 is 23.4 Å². The Hall–Kier alpha value is -1.00. The second-order valence-corrected chi connectivity index (χ2v) is 4.76. The van der Waals surface area contributed by atoms with E-state index in [2.05, 4.69) is 18.3 Å². The van der Waals surface area contributed by atoms with Gasteiger partial charge in [0.2, 0.25) is 5.91 Å². The van der Waals surface area contributed by atoms with Crippen molar-refractivity contribution in [2.45, 2.75) is 17.9 Å². The maximum Gasteiger partial charge on any atom is 0.241 e. The molecule has 1 aromatic carbocycles. The molecular weight excluding hydrogens is 220 g/mol. The summed E-state index contributed by atoms with van der Waals surface area (Å²) in [5.74, 6) is 0.153. The van der Waals surface area contributed by atoms with Crippen LogP contribution < -0.4 is 10.2 Å². The van der Waals surface area contributed by atoms with Gasteiger partial charge in [0, 0.05) is 17.5 Å². The van der Waals surface area contributed by atoms with Crippen LogP contribution >= 0.6 is 11.8 Å². The van der Waals surface area contributed by atoms with E-state index in [1.165, 1.54) is 0 Å². The van der Waals surface area contributed by atoms with Crippen LogP contribution in [0.5, 0.6) is 0 Å². The molecule has 1 fully saturated rings. The third-order valence-corrected chi connectivity index (χ3v) is 3.56. The predicted molar refractivity (Wildman–Crippen MR) is 68.0 cm³/mol. The number of carbonyl (C=O) groups excluding carboxylic acids is 1. The topological polar surface area (TPSA) is 32.3 Å². The number of piperazine rings is 1. The maximum atomic E-state index is 11.9. The Bertz CT molecular complexity index is 394. The van der Waals surface area contributed by atoms with Crippen LogP contribution in [0.25, 0.3) is 0 Å². The van der Waals surface area contributed by atoms with Crippen molar-refractivity contribution in [2.24, 2.45) is 0 Å². The lowest BCUT2D eigenvalue weighted by Crippen LogP contribution is -2.54. The summed E-state index contributed by atoms with van der Waals surface area (Å²) in [4.78, 5) is 15.0. The Labute approximate surface area is 100 Å². The number of nitrogens with zero attached hydrogens (tertiary/aromatic N) is 1. The van der Waals surface area contributed by atoms with E-state index in [4.69, 9.17) is 0 Å². The van der Waals surface area contributed by atoms with Crippen LogP contribution in [0, 0.1) is 0 Å². The Morgan fingerprint density at radius 2 is 2.19 bits per heavy atom. The average Bonchev–Trinajstić information content (AvgIpc) is 2.29. The SMILES string of the molecule is CSc1ccccc1N1C(=O)CNCC1C. The summed E-state index contributed by atoms with van der Waals surface area (Å²) >= 11 is 1.68. The summed E-state index contributed by atoms with van der Waals surface area (Å²) in [5.41, 5.74) is 1.04. The van der Waals surface area contributed by atoms with Gasteiger partial charge in [-0.25, -0.2) is 0 Å². The molecule has 1 aliphatic rings. The molecule has 1 atom stereocenters. The van der Waals surface area contributed by atoms with Crippen LogP contribution in [0.1, 0.15) is 6.92 Å². The van der Waals surface area contributed by atoms with Gasteiger partial charge in [-0.05, 0) is 25.3 Å². The van der Waals surface area contributed by atoms with Gasteiger partial charge in [-0.2, -0.15) is 0 Å². The van der Waals surface area contributed by atoms with E-state index in [1.54, 1.807) is 11.8 Å². The number of benzene rings is 1. The molecule has 16 heavy (non-hydrogen) atoms. The zero-order chi connectivity index (χ0) is 11.5. The van der Waals surface area contributed by atoms with Gasteiger partial charge >= 0.3 is 0 Å². The number of anilines is 1. The van der Waals surface area contributed by atoms with Crippen LogP contribution in [0.4, 0.5) is 5.69 Å². The summed E-state index contributed by atoms with van der Waals surface area (Å²) in [7, 11) is 0. The first-order valence-corrected chi connectivity index (χ1v) is 6.62. The summed E-state index contributed by atoms with van der Waals surface area (Å²) in [5, 5.41) is 3.12. The maximum absolute atomic E-state index is 11.9. The van der Waals surface area contributed by atoms with E-state index < -0.39 is 0 Å². The van der Waals surface area contributed by atoms with Gasteiger partial charge in [0.1, 0.15) is 0 Å². The molecule has 1 aliphatic heterocycles. The van der Waals surface area contributed by atoms with E-state index >= 15 is 0 Å². The predicted octanol–water partition coefficient (Wildman–Crippen LogP) is 1.73. The first-order chi connectivity index (χ1) is 7.74. The first-order valence-electron chi connectivity index (χ1n) is 5.40. The van der Waals surface area contributed by atoms with Gasteiger partial charge in [0.25, 0.3) is 0 Å². The van der Waals surface area contributed by atoms with Gasteiger partial charge in [-0.3, -0.25) is 4.79 Å². The van der Waals surface area contributed by atoms with Gasteiger partial charge in [-0.15, -0.1) is 11.8 Å². The molecule has 86 valence electrons. The second kappa shape index (κ2) is 4.89. The van der Waals surface area contributed by atoms with Gasteiger partial charge in [0.15, 0.2) is 0 Å². The van der Waals surface area contributed by atoms with Gasteiger partial charge in [0.05, 0.1) is 12.2 Å². The zero-order valence-electron chi connectivity index (χ0n) is 9.56. The summed E-state index contributed by atoms with van der Waals surface area (Å²) in [6, 6.07) is 8.28. The van der Waals surface area contributed by atoms with Crippen molar-refractivity contribution < 1.29 is 4.79 Å².